The Morgan fingerprint density at radius 3 is 1.67 bits per heavy atom. The highest BCUT2D eigenvalue weighted by Crippen LogP contribution is 2.07. The van der Waals surface area contributed by atoms with Gasteiger partial charge in [0.1, 0.15) is 0 Å². The van der Waals surface area contributed by atoms with Crippen LogP contribution < -0.4 is 0 Å². The summed E-state index contributed by atoms with van der Waals surface area (Å²) in [6.07, 6.45) is 0. The molecular weight excluding hydrogens is 154 g/mol. The third-order valence-electron chi connectivity index (χ3n) is 1.59. The quantitative estimate of drug-likeness (QED) is 0.518. The number of hydrogen-bond donors (Lipinski definition) is 1. The fourth-order valence-electron chi connectivity index (χ4n) is 1.21. The second-order valence-corrected chi connectivity index (χ2v) is 3.35. The summed E-state index contributed by atoms with van der Waals surface area (Å²) in [4.78, 5) is 12.9. The summed E-state index contributed by atoms with van der Waals surface area (Å²) >= 11 is 0. The molecule has 0 radical (unpaired) electrons. The van der Waals surface area contributed by atoms with Crippen molar-refractivity contribution >= 4 is 5.91 Å². The minimum Gasteiger partial charge on any atom is -0.503 e. The predicted molar refractivity (Wildman–Crippen MR) is 48.9 cm³/mol. The topological polar surface area (TPSA) is 40.5 Å². The Labute approximate surface area is 73.7 Å². The van der Waals surface area contributed by atoms with Crippen LogP contribution in [0.3, 0.4) is 0 Å². The SMILES string of the molecule is C=C(O)C(=O)N(C(C)C)C(C)C. The van der Waals surface area contributed by atoms with E-state index >= 15 is 0 Å². The Bertz CT molecular complexity index is 177. The van der Waals surface area contributed by atoms with Crippen LogP contribution in [0.2, 0.25) is 0 Å². The smallest absolute Gasteiger partial charge is 0.288 e. The lowest BCUT2D eigenvalue weighted by molar-refractivity contribution is -0.133. The molecule has 3 heteroatoms. The molecule has 0 saturated heterocycles. The van der Waals surface area contributed by atoms with Crippen LogP contribution in [0.15, 0.2) is 12.3 Å². The Kier molecular flexibility index (Phi) is 3.80. The molecule has 0 bridgehead atoms. The lowest BCUT2D eigenvalue weighted by Gasteiger charge is -2.30. The maximum Gasteiger partial charge on any atom is 0.288 e. The third-order valence-corrected chi connectivity index (χ3v) is 1.59. The van der Waals surface area contributed by atoms with Crippen LogP contribution in [0.4, 0.5) is 0 Å². The number of rotatable bonds is 3. The minimum absolute atomic E-state index is 0.0846. The van der Waals surface area contributed by atoms with E-state index in [9.17, 15) is 4.79 Å². The van der Waals surface area contributed by atoms with Gasteiger partial charge in [0.15, 0.2) is 5.76 Å². The van der Waals surface area contributed by atoms with E-state index in [1.807, 2.05) is 27.7 Å². The minimum atomic E-state index is -0.391. The highest BCUT2D eigenvalue weighted by molar-refractivity contribution is 5.90. The summed E-state index contributed by atoms with van der Waals surface area (Å²) in [7, 11) is 0. The normalized spacial score (nSPS) is 10.5. The van der Waals surface area contributed by atoms with Gasteiger partial charge in [0.25, 0.3) is 5.91 Å². The predicted octanol–water partition coefficient (Wildman–Crippen LogP) is 1.70. The molecule has 0 aliphatic rings. The van der Waals surface area contributed by atoms with Crippen LogP contribution in [0.5, 0.6) is 0 Å². The van der Waals surface area contributed by atoms with Crippen molar-refractivity contribution in [3.8, 4) is 0 Å². The van der Waals surface area contributed by atoms with Crippen LogP contribution in [0.25, 0.3) is 0 Å². The van der Waals surface area contributed by atoms with Gasteiger partial charge in [-0.2, -0.15) is 0 Å². The number of nitrogens with zero attached hydrogens (tertiary/aromatic N) is 1. The lowest BCUT2D eigenvalue weighted by Crippen LogP contribution is -2.42. The zero-order valence-electron chi connectivity index (χ0n) is 8.16. The summed E-state index contributed by atoms with van der Waals surface area (Å²) in [5, 5.41) is 8.90. The number of aliphatic hydroxyl groups excluding tert-OH is 1. The molecule has 0 spiro atoms. The van der Waals surface area contributed by atoms with E-state index in [0.29, 0.717) is 0 Å². The van der Waals surface area contributed by atoms with Crippen molar-refractivity contribution in [2.75, 3.05) is 0 Å². The average molecular weight is 171 g/mol. The zero-order valence-corrected chi connectivity index (χ0v) is 8.16. The first-order valence-electron chi connectivity index (χ1n) is 4.08. The molecule has 0 rings (SSSR count). The largest absolute Gasteiger partial charge is 0.503 e. The molecule has 0 aromatic carbocycles. The van der Waals surface area contributed by atoms with Crippen molar-refractivity contribution < 1.29 is 9.90 Å². The van der Waals surface area contributed by atoms with Crippen LogP contribution in [0, 0.1) is 0 Å². The molecule has 0 aromatic heterocycles. The fraction of sp³-hybridized carbons (Fsp3) is 0.667. The highest BCUT2D eigenvalue weighted by atomic mass is 16.3. The molecule has 12 heavy (non-hydrogen) atoms. The molecule has 0 atom stereocenters. The molecule has 0 fully saturated rings. The van der Waals surface area contributed by atoms with Crippen molar-refractivity contribution in [3.05, 3.63) is 12.3 Å². The number of carbonyl (C=O) groups is 1. The summed E-state index contributed by atoms with van der Waals surface area (Å²) in [5.74, 6) is -0.780. The lowest BCUT2D eigenvalue weighted by atomic mass is 10.2. The van der Waals surface area contributed by atoms with E-state index in [-0.39, 0.29) is 18.0 Å². The van der Waals surface area contributed by atoms with Crippen molar-refractivity contribution in [3.63, 3.8) is 0 Å². The van der Waals surface area contributed by atoms with E-state index in [1.54, 1.807) is 4.90 Å². The summed E-state index contributed by atoms with van der Waals surface area (Å²) in [6.45, 7) is 10.8. The van der Waals surface area contributed by atoms with Gasteiger partial charge in [-0.05, 0) is 27.7 Å². The second kappa shape index (κ2) is 4.14. The van der Waals surface area contributed by atoms with Crippen LogP contribution in [-0.4, -0.2) is 28.0 Å². The van der Waals surface area contributed by atoms with Gasteiger partial charge < -0.3 is 10.0 Å². The standard InChI is InChI=1S/C9H17NO2/c1-6(2)10(7(3)4)9(12)8(5)11/h6-7,11H,5H2,1-4H3. The highest BCUT2D eigenvalue weighted by Gasteiger charge is 2.21. The second-order valence-electron chi connectivity index (χ2n) is 3.35. The monoisotopic (exact) mass is 171 g/mol. The van der Waals surface area contributed by atoms with Gasteiger partial charge in [-0.3, -0.25) is 4.79 Å². The molecule has 70 valence electrons. The molecule has 0 saturated carbocycles. The molecule has 0 aliphatic heterocycles. The van der Waals surface area contributed by atoms with E-state index in [0.717, 1.165) is 0 Å². The van der Waals surface area contributed by atoms with E-state index in [2.05, 4.69) is 6.58 Å². The molecule has 0 aliphatic carbocycles. The van der Waals surface area contributed by atoms with Crippen molar-refractivity contribution in [2.45, 2.75) is 39.8 Å². The fourth-order valence-corrected chi connectivity index (χ4v) is 1.21. The number of amides is 1. The molecule has 0 unspecified atom stereocenters. The molecular formula is C9H17NO2. The van der Waals surface area contributed by atoms with Gasteiger partial charge in [0.05, 0.1) is 0 Å². The number of carbonyl (C=O) groups excluding carboxylic acids is 1. The molecule has 3 nitrogen and oxygen atoms in total. The molecule has 0 aromatic rings. The average Bonchev–Trinajstić information content (AvgIpc) is 1.85. The van der Waals surface area contributed by atoms with Gasteiger partial charge in [-0.1, -0.05) is 6.58 Å². The first kappa shape index (κ1) is 11.0. The van der Waals surface area contributed by atoms with Gasteiger partial charge >= 0.3 is 0 Å². The van der Waals surface area contributed by atoms with Gasteiger partial charge in [-0.15, -0.1) is 0 Å². The molecule has 0 heterocycles. The number of hydrogen-bond acceptors (Lipinski definition) is 2. The van der Waals surface area contributed by atoms with Gasteiger partial charge in [-0.25, -0.2) is 0 Å². The van der Waals surface area contributed by atoms with Crippen LogP contribution in [-0.2, 0) is 4.79 Å². The zero-order chi connectivity index (χ0) is 9.89. The van der Waals surface area contributed by atoms with Gasteiger partial charge in [0, 0.05) is 12.1 Å². The summed E-state index contributed by atoms with van der Waals surface area (Å²) < 4.78 is 0. The summed E-state index contributed by atoms with van der Waals surface area (Å²) in [6, 6.07) is 0.169. The maximum atomic E-state index is 11.3. The first-order chi connectivity index (χ1) is 5.37. The Morgan fingerprint density at radius 2 is 1.58 bits per heavy atom. The van der Waals surface area contributed by atoms with Gasteiger partial charge in [0.2, 0.25) is 0 Å². The number of aliphatic hydroxyl groups is 1. The third kappa shape index (κ3) is 2.57. The molecule has 1 amide bonds. The van der Waals surface area contributed by atoms with Crippen molar-refractivity contribution in [2.24, 2.45) is 0 Å². The molecule has 1 N–H and O–H groups in total. The Morgan fingerprint density at radius 1 is 1.25 bits per heavy atom. The van der Waals surface area contributed by atoms with E-state index < -0.39 is 5.76 Å². The van der Waals surface area contributed by atoms with Crippen LogP contribution >= 0.6 is 0 Å². The maximum absolute atomic E-state index is 11.3. The van der Waals surface area contributed by atoms with E-state index in [1.165, 1.54) is 0 Å². The summed E-state index contributed by atoms with van der Waals surface area (Å²) in [5.41, 5.74) is 0. The first-order valence-corrected chi connectivity index (χ1v) is 4.08. The van der Waals surface area contributed by atoms with Crippen molar-refractivity contribution in [1.82, 2.24) is 4.90 Å². The van der Waals surface area contributed by atoms with Crippen molar-refractivity contribution in [1.29, 1.82) is 0 Å². The Hall–Kier alpha value is -0.990. The van der Waals surface area contributed by atoms with E-state index in [4.69, 9.17) is 5.11 Å². The van der Waals surface area contributed by atoms with Crippen LogP contribution in [0.1, 0.15) is 27.7 Å². The Balaban J connectivity index is 4.52.